The standard InChI is InChI=1S/C22H26Cl2N2O2/c1-2-3-4-8-13-25-16-21(18-9-6-5-7-10-18)26(28)22(27)15-17-11-12-19(23)20(24)14-17/h5-7,9-12,14,16,21,28H,2-4,8,13,15H2,1H3. The van der Waals surface area contributed by atoms with Crippen molar-refractivity contribution in [2.75, 3.05) is 6.54 Å². The highest BCUT2D eigenvalue weighted by molar-refractivity contribution is 6.42. The van der Waals surface area contributed by atoms with Crippen LogP contribution >= 0.6 is 23.2 Å². The van der Waals surface area contributed by atoms with Crippen molar-refractivity contribution in [3.05, 3.63) is 69.7 Å². The second-order valence-corrected chi connectivity index (χ2v) is 7.45. The van der Waals surface area contributed by atoms with Crippen molar-refractivity contribution in [3.8, 4) is 0 Å². The molecule has 0 saturated heterocycles. The smallest absolute Gasteiger partial charge is 0.251 e. The molecule has 0 bridgehead atoms. The first-order valence-electron chi connectivity index (χ1n) is 9.52. The van der Waals surface area contributed by atoms with E-state index in [4.69, 9.17) is 23.2 Å². The lowest BCUT2D eigenvalue weighted by molar-refractivity contribution is -0.169. The molecule has 0 aliphatic carbocycles. The zero-order chi connectivity index (χ0) is 20.4. The quantitative estimate of drug-likeness (QED) is 0.217. The Hall–Kier alpha value is -1.88. The summed E-state index contributed by atoms with van der Waals surface area (Å²) in [4.78, 5) is 17.1. The predicted molar refractivity (Wildman–Crippen MR) is 115 cm³/mol. The minimum absolute atomic E-state index is 0.0149. The van der Waals surface area contributed by atoms with Crippen molar-refractivity contribution in [1.82, 2.24) is 5.06 Å². The molecule has 2 rings (SSSR count). The van der Waals surface area contributed by atoms with Crippen LogP contribution in [0.2, 0.25) is 10.0 Å². The highest BCUT2D eigenvalue weighted by atomic mass is 35.5. The number of nitrogens with zero attached hydrogens (tertiary/aromatic N) is 2. The van der Waals surface area contributed by atoms with Gasteiger partial charge in [-0.2, -0.15) is 0 Å². The third kappa shape index (κ3) is 6.93. The first kappa shape index (κ1) is 22.4. The van der Waals surface area contributed by atoms with Gasteiger partial charge in [0.05, 0.1) is 16.5 Å². The average molecular weight is 421 g/mol. The van der Waals surface area contributed by atoms with Gasteiger partial charge < -0.3 is 0 Å². The molecule has 4 nitrogen and oxygen atoms in total. The van der Waals surface area contributed by atoms with E-state index in [1.54, 1.807) is 24.4 Å². The summed E-state index contributed by atoms with van der Waals surface area (Å²) in [5.74, 6) is -0.440. The Balaban J connectivity index is 2.08. The van der Waals surface area contributed by atoms with Gasteiger partial charge in [0.25, 0.3) is 5.91 Å². The van der Waals surface area contributed by atoms with Gasteiger partial charge in [-0.15, -0.1) is 0 Å². The molecule has 2 aromatic rings. The van der Waals surface area contributed by atoms with Gasteiger partial charge in [0.2, 0.25) is 0 Å². The van der Waals surface area contributed by atoms with Crippen molar-refractivity contribution < 1.29 is 10.0 Å². The number of benzene rings is 2. The van der Waals surface area contributed by atoms with Crippen molar-refractivity contribution in [3.63, 3.8) is 0 Å². The Labute approximate surface area is 176 Å². The van der Waals surface area contributed by atoms with Crippen LogP contribution in [0.4, 0.5) is 0 Å². The summed E-state index contributed by atoms with van der Waals surface area (Å²) < 4.78 is 0. The van der Waals surface area contributed by atoms with E-state index in [-0.39, 0.29) is 6.42 Å². The largest absolute Gasteiger partial charge is 0.295 e. The molecule has 0 aromatic heterocycles. The summed E-state index contributed by atoms with van der Waals surface area (Å²) in [5.41, 5.74) is 1.48. The van der Waals surface area contributed by atoms with E-state index in [1.165, 1.54) is 12.8 Å². The highest BCUT2D eigenvalue weighted by Gasteiger charge is 2.22. The Kier molecular flexibility index (Phi) is 9.48. The lowest BCUT2D eigenvalue weighted by atomic mass is 10.1. The maximum absolute atomic E-state index is 12.6. The van der Waals surface area contributed by atoms with Crippen LogP contribution in [-0.2, 0) is 11.2 Å². The number of amides is 1. The molecule has 150 valence electrons. The van der Waals surface area contributed by atoms with Crippen LogP contribution in [0.1, 0.15) is 49.8 Å². The summed E-state index contributed by atoms with van der Waals surface area (Å²) in [6, 6.07) is 13.7. The molecule has 6 heteroatoms. The van der Waals surface area contributed by atoms with Crippen LogP contribution in [0.5, 0.6) is 0 Å². The number of carbonyl (C=O) groups excluding carboxylic acids is 1. The van der Waals surface area contributed by atoms with Gasteiger partial charge >= 0.3 is 0 Å². The Morgan fingerprint density at radius 3 is 2.54 bits per heavy atom. The molecule has 1 amide bonds. The fourth-order valence-electron chi connectivity index (χ4n) is 2.81. The van der Waals surface area contributed by atoms with Crippen LogP contribution in [0.3, 0.4) is 0 Å². The summed E-state index contributed by atoms with van der Waals surface area (Å²) in [5, 5.41) is 12.1. The molecule has 0 radical (unpaired) electrons. The van der Waals surface area contributed by atoms with E-state index in [1.807, 2.05) is 30.3 Å². The molecule has 0 aliphatic heterocycles. The number of carbonyl (C=O) groups is 1. The van der Waals surface area contributed by atoms with Gasteiger partial charge in [0, 0.05) is 12.8 Å². The number of unbranched alkanes of at least 4 members (excludes halogenated alkanes) is 3. The third-order valence-electron chi connectivity index (χ3n) is 4.39. The van der Waals surface area contributed by atoms with Crippen LogP contribution in [0, 0.1) is 0 Å². The van der Waals surface area contributed by atoms with Gasteiger partial charge in [-0.3, -0.25) is 15.0 Å². The van der Waals surface area contributed by atoms with Gasteiger partial charge in [-0.25, -0.2) is 5.06 Å². The molecule has 0 heterocycles. The Morgan fingerprint density at radius 2 is 1.86 bits per heavy atom. The van der Waals surface area contributed by atoms with Crippen LogP contribution in [-0.4, -0.2) is 28.9 Å². The molecule has 0 saturated carbocycles. The Morgan fingerprint density at radius 1 is 1.11 bits per heavy atom. The zero-order valence-electron chi connectivity index (χ0n) is 16.0. The summed E-state index contributed by atoms with van der Waals surface area (Å²) >= 11 is 11.9. The van der Waals surface area contributed by atoms with Crippen molar-refractivity contribution >= 4 is 35.3 Å². The number of hydrogen-bond donors (Lipinski definition) is 1. The molecule has 1 atom stereocenters. The van der Waals surface area contributed by atoms with E-state index in [2.05, 4.69) is 11.9 Å². The molecule has 0 spiro atoms. The van der Waals surface area contributed by atoms with Crippen molar-refractivity contribution in [2.24, 2.45) is 4.99 Å². The van der Waals surface area contributed by atoms with E-state index in [0.29, 0.717) is 22.2 Å². The maximum Gasteiger partial charge on any atom is 0.251 e. The van der Waals surface area contributed by atoms with Crippen molar-refractivity contribution in [2.45, 2.75) is 45.1 Å². The third-order valence-corrected chi connectivity index (χ3v) is 5.13. The summed E-state index contributed by atoms with van der Waals surface area (Å²) in [7, 11) is 0. The summed E-state index contributed by atoms with van der Waals surface area (Å²) in [6.45, 7) is 2.84. The fraction of sp³-hybridized carbons (Fsp3) is 0.364. The maximum atomic E-state index is 12.6. The number of hydrogen-bond acceptors (Lipinski definition) is 3. The van der Waals surface area contributed by atoms with E-state index < -0.39 is 11.9 Å². The zero-order valence-corrected chi connectivity index (χ0v) is 17.5. The predicted octanol–water partition coefficient (Wildman–Crippen LogP) is 6.15. The monoisotopic (exact) mass is 420 g/mol. The molecule has 28 heavy (non-hydrogen) atoms. The molecular weight excluding hydrogens is 395 g/mol. The van der Waals surface area contributed by atoms with E-state index >= 15 is 0 Å². The van der Waals surface area contributed by atoms with Gasteiger partial charge in [0.1, 0.15) is 6.04 Å². The minimum atomic E-state index is -0.636. The SMILES string of the molecule is CCCCCCN=CC(c1ccccc1)N(O)C(=O)Cc1ccc(Cl)c(Cl)c1. The van der Waals surface area contributed by atoms with Crippen molar-refractivity contribution in [1.29, 1.82) is 0 Å². The lowest BCUT2D eigenvalue weighted by Gasteiger charge is -2.23. The average Bonchev–Trinajstić information content (AvgIpc) is 2.70. The van der Waals surface area contributed by atoms with Crippen LogP contribution < -0.4 is 0 Å². The highest BCUT2D eigenvalue weighted by Crippen LogP contribution is 2.24. The molecule has 0 aliphatic rings. The second kappa shape index (κ2) is 11.8. The second-order valence-electron chi connectivity index (χ2n) is 6.63. The number of rotatable bonds is 10. The summed E-state index contributed by atoms with van der Waals surface area (Å²) in [6.07, 6.45) is 6.14. The topological polar surface area (TPSA) is 52.9 Å². The van der Waals surface area contributed by atoms with Crippen LogP contribution in [0.15, 0.2) is 53.5 Å². The number of hydroxylamine groups is 2. The van der Waals surface area contributed by atoms with Gasteiger partial charge in [-0.05, 0) is 29.7 Å². The Bertz CT molecular complexity index is 781. The first-order chi connectivity index (χ1) is 13.5. The molecule has 2 aromatic carbocycles. The normalized spacial score (nSPS) is 12.3. The molecular formula is C22H26Cl2N2O2. The fourth-order valence-corrected chi connectivity index (χ4v) is 3.13. The number of halogens is 2. The first-order valence-corrected chi connectivity index (χ1v) is 10.3. The van der Waals surface area contributed by atoms with Crippen LogP contribution in [0.25, 0.3) is 0 Å². The van der Waals surface area contributed by atoms with E-state index in [0.717, 1.165) is 23.5 Å². The molecule has 0 fully saturated rings. The minimum Gasteiger partial charge on any atom is -0.295 e. The van der Waals surface area contributed by atoms with Gasteiger partial charge in [-0.1, -0.05) is 85.8 Å². The molecule has 1 N–H and O–H groups in total. The lowest BCUT2D eigenvalue weighted by Crippen LogP contribution is -2.34. The van der Waals surface area contributed by atoms with E-state index in [9.17, 15) is 10.0 Å². The van der Waals surface area contributed by atoms with Gasteiger partial charge in [0.15, 0.2) is 0 Å². The number of aliphatic imine (C=N–C) groups is 1. The molecule has 1 unspecified atom stereocenters.